The van der Waals surface area contributed by atoms with E-state index in [0.29, 0.717) is 17.9 Å². The molecule has 1 aliphatic heterocycles. The van der Waals surface area contributed by atoms with Gasteiger partial charge in [-0.1, -0.05) is 51.1 Å². The van der Waals surface area contributed by atoms with E-state index in [9.17, 15) is 4.79 Å². The Labute approximate surface area is 160 Å². The van der Waals surface area contributed by atoms with Gasteiger partial charge in [-0.05, 0) is 46.9 Å². The summed E-state index contributed by atoms with van der Waals surface area (Å²) in [5.41, 5.74) is 2.47. The molecule has 1 aromatic heterocycles. The normalized spacial score (nSPS) is 26.8. The first-order valence-corrected chi connectivity index (χ1v) is 10.0. The summed E-state index contributed by atoms with van der Waals surface area (Å²) in [6.07, 6.45) is 5.68. The lowest BCUT2D eigenvalue weighted by molar-refractivity contribution is -0.131. The monoisotopic (exact) mass is 361 g/mol. The first-order chi connectivity index (χ1) is 12.8. The van der Waals surface area contributed by atoms with Crippen molar-refractivity contribution < 1.29 is 9.21 Å². The van der Waals surface area contributed by atoms with Gasteiger partial charge in [0.05, 0.1) is 12.7 Å². The quantitative estimate of drug-likeness (QED) is 0.599. The van der Waals surface area contributed by atoms with E-state index in [-0.39, 0.29) is 11.3 Å². The number of furan rings is 1. The fourth-order valence-corrected chi connectivity index (χ4v) is 6.02. The van der Waals surface area contributed by atoms with Crippen molar-refractivity contribution in [2.45, 2.75) is 52.5 Å². The largest absolute Gasteiger partial charge is 0.464 e. The van der Waals surface area contributed by atoms with Crippen molar-refractivity contribution in [1.29, 1.82) is 0 Å². The number of likely N-dealkylation sites (tertiary alicyclic amines) is 1. The number of rotatable bonds is 2. The molecule has 2 heterocycles. The third-order valence-electron chi connectivity index (χ3n) is 6.62. The Bertz CT molecular complexity index is 1050. The van der Waals surface area contributed by atoms with E-state index < -0.39 is 0 Å². The molecule has 2 aliphatic rings. The van der Waals surface area contributed by atoms with Gasteiger partial charge in [0.25, 0.3) is 0 Å². The topological polar surface area (TPSA) is 33.5 Å². The smallest absolute Gasteiger partial charge is 0.227 e. The SMILES string of the molecule is CC1(C)CC2C[C@](C)(CN2C(=O)Cc2coc3ccc4ccccc4c23)C1. The molecule has 0 spiro atoms. The molecular formula is C24H27NO2. The number of hydrogen-bond acceptors (Lipinski definition) is 2. The second kappa shape index (κ2) is 5.60. The summed E-state index contributed by atoms with van der Waals surface area (Å²) < 4.78 is 5.79. The molecule has 1 saturated heterocycles. The second-order valence-corrected chi connectivity index (χ2v) is 9.83. The Kier molecular flexibility index (Phi) is 3.50. The van der Waals surface area contributed by atoms with Crippen molar-refractivity contribution in [3.63, 3.8) is 0 Å². The minimum atomic E-state index is 0.247. The van der Waals surface area contributed by atoms with Gasteiger partial charge in [-0.25, -0.2) is 0 Å². The Balaban J connectivity index is 1.48. The average Bonchev–Trinajstić information content (AvgIpc) is 3.12. The van der Waals surface area contributed by atoms with Gasteiger partial charge in [-0.15, -0.1) is 0 Å². The summed E-state index contributed by atoms with van der Waals surface area (Å²) in [6, 6.07) is 12.8. The molecule has 0 radical (unpaired) electrons. The Morgan fingerprint density at radius 2 is 1.96 bits per heavy atom. The van der Waals surface area contributed by atoms with Crippen molar-refractivity contribution in [3.8, 4) is 0 Å². The summed E-state index contributed by atoms with van der Waals surface area (Å²) >= 11 is 0. The van der Waals surface area contributed by atoms with E-state index >= 15 is 0 Å². The number of carbonyl (C=O) groups is 1. The minimum absolute atomic E-state index is 0.247. The maximum Gasteiger partial charge on any atom is 0.227 e. The molecule has 0 N–H and O–H groups in total. The van der Waals surface area contributed by atoms with Crippen LogP contribution in [0.4, 0.5) is 0 Å². The lowest BCUT2D eigenvalue weighted by atomic mass is 9.65. The van der Waals surface area contributed by atoms with Crippen LogP contribution in [0.3, 0.4) is 0 Å². The highest BCUT2D eigenvalue weighted by Gasteiger charge is 2.50. The van der Waals surface area contributed by atoms with Crippen molar-refractivity contribution in [2.75, 3.05) is 6.54 Å². The average molecular weight is 361 g/mol. The van der Waals surface area contributed by atoms with Gasteiger partial charge in [0.2, 0.25) is 5.91 Å². The maximum atomic E-state index is 13.3. The molecule has 5 rings (SSSR count). The maximum absolute atomic E-state index is 13.3. The minimum Gasteiger partial charge on any atom is -0.464 e. The molecule has 27 heavy (non-hydrogen) atoms. The van der Waals surface area contributed by atoms with Crippen LogP contribution in [0.15, 0.2) is 47.1 Å². The molecule has 3 heteroatoms. The van der Waals surface area contributed by atoms with Crippen LogP contribution < -0.4 is 0 Å². The molecule has 2 fully saturated rings. The summed E-state index contributed by atoms with van der Waals surface area (Å²) in [5, 5.41) is 3.45. The number of hydrogen-bond donors (Lipinski definition) is 0. The Morgan fingerprint density at radius 1 is 1.15 bits per heavy atom. The molecule has 1 unspecified atom stereocenters. The third kappa shape index (κ3) is 2.75. The fourth-order valence-electron chi connectivity index (χ4n) is 6.02. The van der Waals surface area contributed by atoms with Crippen LogP contribution in [0, 0.1) is 10.8 Å². The molecule has 140 valence electrons. The summed E-state index contributed by atoms with van der Waals surface area (Å²) in [7, 11) is 0. The van der Waals surface area contributed by atoms with E-state index in [4.69, 9.17) is 4.42 Å². The molecular weight excluding hydrogens is 334 g/mol. The summed E-state index contributed by atoms with van der Waals surface area (Å²) in [6.45, 7) is 7.95. The lowest BCUT2D eigenvalue weighted by Gasteiger charge is -2.39. The number of carbonyl (C=O) groups excluding carboxylic acids is 1. The molecule has 3 aromatic rings. The molecule has 1 amide bonds. The predicted molar refractivity (Wildman–Crippen MR) is 109 cm³/mol. The number of nitrogens with zero attached hydrogens (tertiary/aromatic N) is 1. The van der Waals surface area contributed by atoms with Gasteiger partial charge in [0.15, 0.2) is 0 Å². The highest BCUT2D eigenvalue weighted by molar-refractivity contribution is 6.08. The second-order valence-electron chi connectivity index (χ2n) is 9.83. The van der Waals surface area contributed by atoms with Crippen LogP contribution in [0.5, 0.6) is 0 Å². The predicted octanol–water partition coefficient (Wildman–Crippen LogP) is 5.56. The highest BCUT2D eigenvalue weighted by atomic mass is 16.3. The van der Waals surface area contributed by atoms with Crippen LogP contribution in [0.25, 0.3) is 21.7 Å². The van der Waals surface area contributed by atoms with Crippen LogP contribution in [0.1, 0.15) is 45.6 Å². The van der Waals surface area contributed by atoms with Gasteiger partial charge in [-0.3, -0.25) is 4.79 Å². The zero-order valence-electron chi connectivity index (χ0n) is 16.4. The van der Waals surface area contributed by atoms with Crippen molar-refractivity contribution in [2.24, 2.45) is 10.8 Å². The zero-order chi connectivity index (χ0) is 18.8. The van der Waals surface area contributed by atoms with Crippen molar-refractivity contribution in [1.82, 2.24) is 4.90 Å². The fraction of sp³-hybridized carbons (Fsp3) is 0.458. The standard InChI is InChI=1S/C24H27NO2/c1-23(2)11-18-12-24(3,14-23)15-25(18)21(26)10-17-13-27-20-9-8-16-6-4-5-7-19(16)22(17)20/h4-9,13,18H,10-12,14-15H2,1-3H3/t18?,24-/m0/s1. The van der Waals surface area contributed by atoms with E-state index in [2.05, 4.69) is 43.9 Å². The van der Waals surface area contributed by atoms with Gasteiger partial charge < -0.3 is 9.32 Å². The molecule has 1 saturated carbocycles. The highest BCUT2D eigenvalue weighted by Crippen LogP contribution is 2.52. The first-order valence-electron chi connectivity index (χ1n) is 10.0. The Hall–Kier alpha value is -2.29. The van der Waals surface area contributed by atoms with Gasteiger partial charge in [0, 0.05) is 23.5 Å². The molecule has 2 aromatic carbocycles. The van der Waals surface area contributed by atoms with Gasteiger partial charge >= 0.3 is 0 Å². The van der Waals surface area contributed by atoms with Crippen molar-refractivity contribution in [3.05, 3.63) is 48.2 Å². The van der Waals surface area contributed by atoms with E-state index in [0.717, 1.165) is 35.9 Å². The van der Waals surface area contributed by atoms with E-state index in [1.54, 1.807) is 6.26 Å². The third-order valence-corrected chi connectivity index (χ3v) is 6.62. The molecule has 1 aliphatic carbocycles. The van der Waals surface area contributed by atoms with Crippen LogP contribution in [-0.2, 0) is 11.2 Å². The van der Waals surface area contributed by atoms with Crippen LogP contribution in [0.2, 0.25) is 0 Å². The molecule has 2 bridgehead atoms. The Morgan fingerprint density at radius 3 is 2.81 bits per heavy atom. The van der Waals surface area contributed by atoms with Gasteiger partial charge in [0.1, 0.15) is 5.58 Å². The molecule has 3 nitrogen and oxygen atoms in total. The van der Waals surface area contributed by atoms with Crippen LogP contribution >= 0.6 is 0 Å². The first kappa shape index (κ1) is 16.9. The number of amides is 1. The number of fused-ring (bicyclic) bond motifs is 5. The van der Waals surface area contributed by atoms with Gasteiger partial charge in [-0.2, -0.15) is 0 Å². The van der Waals surface area contributed by atoms with E-state index in [1.165, 1.54) is 17.2 Å². The summed E-state index contributed by atoms with van der Waals surface area (Å²) in [4.78, 5) is 15.4. The lowest BCUT2D eigenvalue weighted by Crippen LogP contribution is -2.38. The van der Waals surface area contributed by atoms with E-state index in [1.807, 2.05) is 18.2 Å². The number of benzene rings is 2. The summed E-state index contributed by atoms with van der Waals surface area (Å²) in [5.74, 6) is 0.247. The molecule has 2 atom stereocenters. The van der Waals surface area contributed by atoms with Crippen LogP contribution in [-0.4, -0.2) is 23.4 Å². The van der Waals surface area contributed by atoms with Crippen molar-refractivity contribution >= 4 is 27.6 Å². The zero-order valence-corrected chi connectivity index (χ0v) is 16.4.